The van der Waals surface area contributed by atoms with E-state index in [1.807, 2.05) is 13.8 Å². The van der Waals surface area contributed by atoms with Crippen molar-refractivity contribution in [3.05, 3.63) is 71.8 Å². The predicted molar refractivity (Wildman–Crippen MR) is 96.9 cm³/mol. The van der Waals surface area contributed by atoms with Crippen molar-refractivity contribution in [2.45, 2.75) is 59.8 Å². The first-order valence-electron chi connectivity index (χ1n) is 8.13. The van der Waals surface area contributed by atoms with Gasteiger partial charge in [-0.15, -0.1) is 0 Å². The SMILES string of the molecule is CC.CC(C)(C)c1ccccc1.CCCc1ccccc1. The standard InChI is InChI=1S/C10H14.C9H12.C2H6/c1-10(2,3)9-7-5-4-6-8-9;1-2-6-9-7-4-3-5-8-9;1-2/h4-8H,1-3H3;3-5,7-8H,2,6H2,1H3;1-2H3. The second-order valence-electron chi connectivity index (χ2n) is 5.85. The summed E-state index contributed by atoms with van der Waals surface area (Å²) in [5, 5.41) is 0. The highest BCUT2D eigenvalue weighted by atomic mass is 14.2. The van der Waals surface area contributed by atoms with Crippen LogP contribution in [0, 0.1) is 0 Å². The van der Waals surface area contributed by atoms with Crippen LogP contribution in [0.1, 0.15) is 59.1 Å². The zero-order chi connectivity index (χ0) is 16.1. The number of hydrogen-bond donors (Lipinski definition) is 0. The zero-order valence-corrected chi connectivity index (χ0v) is 14.7. The molecule has 2 aromatic rings. The molecule has 0 aliphatic rings. The molecule has 0 aromatic heterocycles. The molecule has 0 heteroatoms. The lowest BCUT2D eigenvalue weighted by molar-refractivity contribution is 0.590. The van der Waals surface area contributed by atoms with Crippen molar-refractivity contribution >= 4 is 0 Å². The lowest BCUT2D eigenvalue weighted by Crippen LogP contribution is -2.10. The molecule has 0 nitrogen and oxygen atoms in total. The summed E-state index contributed by atoms with van der Waals surface area (Å²) in [6.45, 7) is 12.9. The molecule has 2 rings (SSSR count). The molecule has 0 fully saturated rings. The van der Waals surface area contributed by atoms with Gasteiger partial charge >= 0.3 is 0 Å². The van der Waals surface area contributed by atoms with E-state index in [4.69, 9.17) is 0 Å². The molecule has 0 atom stereocenters. The first-order valence-corrected chi connectivity index (χ1v) is 8.13. The molecule has 0 unspecified atom stereocenters. The van der Waals surface area contributed by atoms with Crippen LogP contribution in [0.3, 0.4) is 0 Å². The smallest absolute Gasteiger partial charge is 0.0132 e. The Labute approximate surface area is 132 Å². The highest BCUT2D eigenvalue weighted by Crippen LogP contribution is 2.20. The largest absolute Gasteiger partial charge is 0.0683 e. The topological polar surface area (TPSA) is 0 Å². The minimum absolute atomic E-state index is 0.293. The first kappa shape index (κ1) is 19.4. The van der Waals surface area contributed by atoms with Crippen LogP contribution >= 0.6 is 0 Å². The molecule has 116 valence electrons. The minimum atomic E-state index is 0.293. The lowest BCUT2D eigenvalue weighted by Gasteiger charge is -2.18. The third-order valence-corrected chi connectivity index (χ3v) is 3.02. The molecular formula is C21H32. The molecule has 0 spiro atoms. The van der Waals surface area contributed by atoms with E-state index >= 15 is 0 Å². The average Bonchev–Trinajstić information content (AvgIpc) is 2.51. The van der Waals surface area contributed by atoms with Crippen LogP contribution in [0.2, 0.25) is 0 Å². The van der Waals surface area contributed by atoms with Crippen LogP contribution in [0.4, 0.5) is 0 Å². The predicted octanol–water partition coefficient (Wildman–Crippen LogP) is 6.65. The molecule has 2 aromatic carbocycles. The van der Waals surface area contributed by atoms with E-state index in [0.717, 1.165) is 0 Å². The number of aryl methyl sites for hydroxylation is 1. The highest BCUT2D eigenvalue weighted by molar-refractivity contribution is 5.22. The van der Waals surface area contributed by atoms with Crippen LogP contribution in [0.15, 0.2) is 60.7 Å². The van der Waals surface area contributed by atoms with Gasteiger partial charge in [0, 0.05) is 0 Å². The maximum absolute atomic E-state index is 2.22. The van der Waals surface area contributed by atoms with E-state index in [-0.39, 0.29) is 0 Å². The van der Waals surface area contributed by atoms with Crippen molar-refractivity contribution in [1.29, 1.82) is 0 Å². The van der Waals surface area contributed by atoms with Gasteiger partial charge in [-0.2, -0.15) is 0 Å². The molecular weight excluding hydrogens is 252 g/mol. The van der Waals surface area contributed by atoms with Crippen molar-refractivity contribution in [2.75, 3.05) is 0 Å². The highest BCUT2D eigenvalue weighted by Gasteiger charge is 2.11. The van der Waals surface area contributed by atoms with Crippen LogP contribution in [-0.2, 0) is 11.8 Å². The molecule has 0 amide bonds. The third-order valence-electron chi connectivity index (χ3n) is 3.02. The number of benzene rings is 2. The average molecular weight is 284 g/mol. The maximum atomic E-state index is 2.22. The second kappa shape index (κ2) is 11.1. The van der Waals surface area contributed by atoms with Crippen LogP contribution in [0.25, 0.3) is 0 Å². The summed E-state index contributed by atoms with van der Waals surface area (Å²) in [6, 6.07) is 21.1. The Kier molecular flexibility index (Phi) is 10.3. The van der Waals surface area contributed by atoms with Crippen molar-refractivity contribution in [3.8, 4) is 0 Å². The zero-order valence-electron chi connectivity index (χ0n) is 14.7. The van der Waals surface area contributed by atoms with E-state index < -0.39 is 0 Å². The van der Waals surface area contributed by atoms with Crippen LogP contribution < -0.4 is 0 Å². The van der Waals surface area contributed by atoms with Gasteiger partial charge in [0.05, 0.1) is 0 Å². The van der Waals surface area contributed by atoms with Gasteiger partial charge in [-0.05, 0) is 23.0 Å². The molecule has 0 saturated carbocycles. The molecule has 0 aliphatic heterocycles. The Morgan fingerprint density at radius 2 is 1.14 bits per heavy atom. The minimum Gasteiger partial charge on any atom is -0.0683 e. The van der Waals surface area contributed by atoms with E-state index in [9.17, 15) is 0 Å². The van der Waals surface area contributed by atoms with Crippen molar-refractivity contribution in [3.63, 3.8) is 0 Å². The summed E-state index contributed by atoms with van der Waals surface area (Å²) in [5.74, 6) is 0. The Morgan fingerprint density at radius 3 is 1.48 bits per heavy atom. The molecule has 0 saturated heterocycles. The fourth-order valence-electron chi connectivity index (χ4n) is 1.87. The summed E-state index contributed by atoms with van der Waals surface area (Å²) in [6.07, 6.45) is 2.45. The van der Waals surface area contributed by atoms with Crippen molar-refractivity contribution in [2.24, 2.45) is 0 Å². The van der Waals surface area contributed by atoms with Crippen molar-refractivity contribution in [1.82, 2.24) is 0 Å². The fourth-order valence-corrected chi connectivity index (χ4v) is 1.87. The van der Waals surface area contributed by atoms with Crippen molar-refractivity contribution < 1.29 is 0 Å². The Bertz CT molecular complexity index is 434. The van der Waals surface area contributed by atoms with Gasteiger partial charge in [0.15, 0.2) is 0 Å². The summed E-state index contributed by atoms with van der Waals surface area (Å²) in [5.41, 5.74) is 3.14. The molecule has 21 heavy (non-hydrogen) atoms. The normalized spacial score (nSPS) is 9.81. The Morgan fingerprint density at radius 1 is 0.714 bits per heavy atom. The quantitative estimate of drug-likeness (QED) is 0.579. The van der Waals surface area contributed by atoms with Gasteiger partial charge < -0.3 is 0 Å². The van der Waals surface area contributed by atoms with Gasteiger partial charge in [-0.3, -0.25) is 0 Å². The lowest BCUT2D eigenvalue weighted by atomic mass is 9.87. The molecule has 0 N–H and O–H groups in total. The third kappa shape index (κ3) is 9.07. The Balaban J connectivity index is 0.000000342. The molecule has 0 aliphatic carbocycles. The Hall–Kier alpha value is -1.56. The second-order valence-corrected chi connectivity index (χ2v) is 5.85. The van der Waals surface area contributed by atoms with Gasteiger partial charge in [-0.1, -0.05) is 109 Å². The molecule has 0 radical (unpaired) electrons. The van der Waals surface area contributed by atoms with Gasteiger partial charge in [0.2, 0.25) is 0 Å². The van der Waals surface area contributed by atoms with E-state index in [1.165, 1.54) is 24.0 Å². The monoisotopic (exact) mass is 284 g/mol. The molecule has 0 bridgehead atoms. The summed E-state index contributed by atoms with van der Waals surface area (Å²) in [4.78, 5) is 0. The van der Waals surface area contributed by atoms with Crippen LogP contribution in [0.5, 0.6) is 0 Å². The van der Waals surface area contributed by atoms with E-state index in [1.54, 1.807) is 0 Å². The molecule has 0 heterocycles. The maximum Gasteiger partial charge on any atom is -0.0132 e. The number of hydrogen-bond acceptors (Lipinski definition) is 0. The van der Waals surface area contributed by atoms with E-state index in [2.05, 4.69) is 88.4 Å². The number of rotatable bonds is 2. The summed E-state index contributed by atoms with van der Waals surface area (Å²) < 4.78 is 0. The van der Waals surface area contributed by atoms with Crippen LogP contribution in [-0.4, -0.2) is 0 Å². The fraction of sp³-hybridized carbons (Fsp3) is 0.429. The summed E-state index contributed by atoms with van der Waals surface area (Å²) in [7, 11) is 0. The first-order chi connectivity index (χ1) is 10.0. The summed E-state index contributed by atoms with van der Waals surface area (Å²) >= 11 is 0. The van der Waals surface area contributed by atoms with Gasteiger partial charge in [0.1, 0.15) is 0 Å². The van der Waals surface area contributed by atoms with Gasteiger partial charge in [0.25, 0.3) is 0 Å². The van der Waals surface area contributed by atoms with Gasteiger partial charge in [-0.25, -0.2) is 0 Å². The van der Waals surface area contributed by atoms with E-state index in [0.29, 0.717) is 5.41 Å².